The van der Waals surface area contributed by atoms with E-state index in [0.29, 0.717) is 12.1 Å². The van der Waals surface area contributed by atoms with Crippen LogP contribution < -0.4 is 10.2 Å². The van der Waals surface area contributed by atoms with Crippen molar-refractivity contribution in [1.82, 2.24) is 10.2 Å². The molecular formula is C37H37N3O7. The fraction of sp³-hybridized carbons (Fsp3) is 0.351. The molecule has 2 fully saturated rings. The van der Waals surface area contributed by atoms with Crippen molar-refractivity contribution in [3.63, 3.8) is 0 Å². The number of cyclic esters (lactones) is 1. The van der Waals surface area contributed by atoms with E-state index in [4.69, 9.17) is 9.47 Å². The number of ether oxygens (including phenoxy) is 2. The van der Waals surface area contributed by atoms with Crippen molar-refractivity contribution in [2.45, 2.75) is 43.1 Å². The van der Waals surface area contributed by atoms with Crippen molar-refractivity contribution in [2.24, 2.45) is 11.8 Å². The maximum absolute atomic E-state index is 14.9. The molecule has 0 saturated carbocycles. The number of aliphatic hydroxyl groups excluding tert-OH is 1. The number of carbonyl (C=O) groups excluding carboxylic acids is 4. The Hall–Kier alpha value is -4.80. The van der Waals surface area contributed by atoms with Crippen LogP contribution in [-0.2, 0) is 28.7 Å². The fourth-order valence-electron chi connectivity index (χ4n) is 7.47. The lowest BCUT2D eigenvalue weighted by Crippen LogP contribution is -2.56. The van der Waals surface area contributed by atoms with Crippen LogP contribution in [-0.4, -0.2) is 77.7 Å². The number of benzene rings is 3. The van der Waals surface area contributed by atoms with Gasteiger partial charge in [-0.25, -0.2) is 0 Å². The van der Waals surface area contributed by atoms with Crippen LogP contribution in [0, 0.1) is 11.8 Å². The first-order chi connectivity index (χ1) is 22.9. The van der Waals surface area contributed by atoms with Gasteiger partial charge in [-0.1, -0.05) is 85.0 Å². The number of hydrogen-bond acceptors (Lipinski definition) is 7. The Morgan fingerprint density at radius 1 is 0.915 bits per heavy atom. The van der Waals surface area contributed by atoms with Crippen molar-refractivity contribution in [3.8, 4) is 0 Å². The zero-order valence-electron chi connectivity index (χ0n) is 25.9. The third kappa shape index (κ3) is 5.51. The monoisotopic (exact) mass is 635 g/mol. The average Bonchev–Trinajstić information content (AvgIpc) is 3.74. The van der Waals surface area contributed by atoms with Crippen LogP contribution in [0.15, 0.2) is 97.1 Å². The van der Waals surface area contributed by atoms with E-state index in [9.17, 15) is 24.3 Å². The van der Waals surface area contributed by atoms with Crippen molar-refractivity contribution in [1.29, 1.82) is 0 Å². The van der Waals surface area contributed by atoms with Crippen molar-refractivity contribution >= 4 is 40.2 Å². The lowest BCUT2D eigenvalue weighted by atomic mass is 9.74. The molecule has 1 spiro atoms. The minimum Gasteiger partial charge on any atom is -0.463 e. The number of hydrogen-bond donors (Lipinski definition) is 2. The molecule has 3 amide bonds. The SMILES string of the molecule is O=C1CC/C=C\CN(c2ccc3ccccc3c2)C(=O)[C@H]2N(CCCO)C(=O)[C@@H]3[C@@H](C(=O)N[C@@H](c4ccccc4)CO1)[C@H]1C=C[C@]32O1. The number of nitrogens with one attached hydrogen (secondary N) is 1. The Bertz CT molecular complexity index is 1760. The van der Waals surface area contributed by atoms with Crippen LogP contribution in [0.5, 0.6) is 0 Å². The molecule has 0 aliphatic carbocycles. The van der Waals surface area contributed by atoms with Gasteiger partial charge in [0.15, 0.2) is 0 Å². The molecule has 0 aromatic heterocycles. The molecule has 7 rings (SSSR count). The van der Waals surface area contributed by atoms with Gasteiger partial charge in [-0.05, 0) is 41.3 Å². The van der Waals surface area contributed by atoms with Crippen LogP contribution in [0.2, 0.25) is 0 Å². The molecule has 10 heteroatoms. The van der Waals surface area contributed by atoms with Gasteiger partial charge in [-0.15, -0.1) is 0 Å². The zero-order valence-corrected chi connectivity index (χ0v) is 25.9. The van der Waals surface area contributed by atoms with Crippen molar-refractivity contribution in [2.75, 3.05) is 31.2 Å². The molecule has 0 radical (unpaired) electrons. The molecule has 4 heterocycles. The molecular weight excluding hydrogens is 598 g/mol. The lowest BCUT2D eigenvalue weighted by Gasteiger charge is -2.36. The second kappa shape index (κ2) is 12.8. The summed E-state index contributed by atoms with van der Waals surface area (Å²) in [5.74, 6) is -3.40. The van der Waals surface area contributed by atoms with E-state index >= 15 is 0 Å². The number of amides is 3. The van der Waals surface area contributed by atoms with Crippen molar-refractivity contribution in [3.05, 3.63) is 103 Å². The number of likely N-dealkylation sites (tertiary alicyclic amines) is 1. The van der Waals surface area contributed by atoms with Gasteiger partial charge in [0.25, 0.3) is 5.91 Å². The number of aliphatic hydroxyl groups is 1. The van der Waals surface area contributed by atoms with Gasteiger partial charge in [0.2, 0.25) is 11.8 Å². The minimum absolute atomic E-state index is 0.0738. The fourth-order valence-corrected chi connectivity index (χ4v) is 7.47. The summed E-state index contributed by atoms with van der Waals surface area (Å²) in [4.78, 5) is 59.2. The summed E-state index contributed by atoms with van der Waals surface area (Å²) < 4.78 is 12.2. The molecule has 3 aromatic rings. The Balaban J connectivity index is 1.31. The Morgan fingerprint density at radius 2 is 1.70 bits per heavy atom. The summed E-state index contributed by atoms with van der Waals surface area (Å²) >= 11 is 0. The van der Waals surface area contributed by atoms with Gasteiger partial charge in [0.05, 0.1) is 24.0 Å². The number of allylic oxidation sites excluding steroid dienone is 1. The summed E-state index contributed by atoms with van der Waals surface area (Å²) in [6.07, 6.45) is 7.31. The number of fused-ring (bicyclic) bond motifs is 3. The molecule has 242 valence electrons. The topological polar surface area (TPSA) is 125 Å². The first-order valence-electron chi connectivity index (χ1n) is 16.2. The summed E-state index contributed by atoms with van der Waals surface area (Å²) in [5, 5.41) is 14.7. The van der Waals surface area contributed by atoms with E-state index in [1.807, 2.05) is 84.9 Å². The van der Waals surface area contributed by atoms with E-state index < -0.39 is 47.5 Å². The summed E-state index contributed by atoms with van der Waals surface area (Å²) in [5.41, 5.74) is 0.0291. The van der Waals surface area contributed by atoms with Crippen LogP contribution in [0.3, 0.4) is 0 Å². The summed E-state index contributed by atoms with van der Waals surface area (Å²) in [6, 6.07) is 21.1. The lowest BCUT2D eigenvalue weighted by molar-refractivity contribution is -0.145. The first-order valence-corrected chi connectivity index (χ1v) is 16.2. The van der Waals surface area contributed by atoms with Crippen LogP contribution >= 0.6 is 0 Å². The van der Waals surface area contributed by atoms with E-state index in [1.165, 1.54) is 4.90 Å². The van der Waals surface area contributed by atoms with E-state index in [1.54, 1.807) is 17.1 Å². The quantitative estimate of drug-likeness (QED) is 0.325. The Morgan fingerprint density at radius 3 is 2.51 bits per heavy atom. The molecule has 3 aromatic carbocycles. The highest BCUT2D eigenvalue weighted by Gasteiger charge is 2.73. The van der Waals surface area contributed by atoms with E-state index in [0.717, 1.165) is 16.3 Å². The minimum atomic E-state index is -1.36. The smallest absolute Gasteiger partial charge is 0.306 e. The van der Waals surface area contributed by atoms with Gasteiger partial charge in [-0.2, -0.15) is 0 Å². The van der Waals surface area contributed by atoms with Gasteiger partial charge in [0.1, 0.15) is 18.2 Å². The van der Waals surface area contributed by atoms with E-state index in [2.05, 4.69) is 5.32 Å². The molecule has 10 nitrogen and oxygen atoms in total. The predicted molar refractivity (Wildman–Crippen MR) is 174 cm³/mol. The highest BCUT2D eigenvalue weighted by molar-refractivity contribution is 6.06. The summed E-state index contributed by atoms with van der Waals surface area (Å²) in [6.45, 7) is 0.0681. The molecule has 47 heavy (non-hydrogen) atoms. The average molecular weight is 636 g/mol. The molecule has 2 N–H and O–H groups in total. The van der Waals surface area contributed by atoms with Gasteiger partial charge in [-0.3, -0.25) is 19.2 Å². The highest BCUT2D eigenvalue weighted by Crippen LogP contribution is 2.55. The van der Waals surface area contributed by atoms with Crippen LogP contribution in [0.1, 0.15) is 30.9 Å². The maximum Gasteiger partial charge on any atom is 0.306 e. The number of esters is 1. The second-order valence-electron chi connectivity index (χ2n) is 12.5. The number of carbonyl (C=O) groups is 4. The third-order valence-corrected chi connectivity index (χ3v) is 9.68. The second-order valence-corrected chi connectivity index (χ2v) is 12.5. The zero-order chi connectivity index (χ0) is 32.5. The Labute approximate surface area is 272 Å². The molecule has 5 bridgehead atoms. The van der Waals surface area contributed by atoms with Crippen LogP contribution in [0.4, 0.5) is 5.69 Å². The first kappa shape index (κ1) is 30.8. The number of nitrogens with zero attached hydrogens (tertiary/aromatic N) is 2. The molecule has 0 unspecified atom stereocenters. The van der Waals surface area contributed by atoms with Crippen LogP contribution in [0.25, 0.3) is 10.8 Å². The standard InChI is InChI=1S/C37H37N3O7/c41-21-9-20-40-33-36(45)39(27-16-15-24-10-6-7-13-26(24)22-27)19-8-2-5-14-30(42)46-23-28(25-11-3-1-4-12-25)38-34(43)31-29-17-18-37(33,47-29)32(31)35(40)44/h1-4,6-8,10-13,15-18,22,28-29,31-33,41H,5,9,14,19-21,23H2,(H,38,43)/b8-2-/t28-,29-,31+,32+,33-,37+/m1/s1. The van der Waals surface area contributed by atoms with Gasteiger partial charge in [0, 0.05) is 31.8 Å². The number of anilines is 1. The molecule has 6 atom stereocenters. The normalized spacial score (nSPS) is 30.0. The number of rotatable bonds is 5. The maximum atomic E-state index is 14.9. The van der Waals surface area contributed by atoms with Crippen molar-refractivity contribution < 1.29 is 33.8 Å². The highest BCUT2D eigenvalue weighted by atomic mass is 16.5. The van der Waals surface area contributed by atoms with Gasteiger partial charge < -0.3 is 29.7 Å². The Kier molecular flexibility index (Phi) is 8.38. The predicted octanol–water partition coefficient (Wildman–Crippen LogP) is 3.46. The van der Waals surface area contributed by atoms with Gasteiger partial charge >= 0.3 is 5.97 Å². The molecule has 2 saturated heterocycles. The third-order valence-electron chi connectivity index (χ3n) is 9.68. The largest absolute Gasteiger partial charge is 0.463 e. The molecule has 4 aliphatic heterocycles. The van der Waals surface area contributed by atoms with E-state index in [-0.39, 0.29) is 51.0 Å². The summed E-state index contributed by atoms with van der Waals surface area (Å²) in [7, 11) is 0. The molecule has 4 aliphatic rings.